The van der Waals surface area contributed by atoms with Crippen molar-refractivity contribution >= 4 is 11.8 Å². The van der Waals surface area contributed by atoms with Crippen molar-refractivity contribution < 1.29 is 9.59 Å². The predicted molar refractivity (Wildman–Crippen MR) is 115 cm³/mol. The fraction of sp³-hybridized carbons (Fsp3) is 0.200. The summed E-state index contributed by atoms with van der Waals surface area (Å²) in [5, 5.41) is 6.02. The molecule has 4 nitrogen and oxygen atoms in total. The summed E-state index contributed by atoms with van der Waals surface area (Å²) in [5.41, 5.74) is 2.52. The Hall–Kier alpha value is -3.40. The zero-order chi connectivity index (χ0) is 20.6. The van der Waals surface area contributed by atoms with Gasteiger partial charge in [0.1, 0.15) is 6.04 Å². The van der Waals surface area contributed by atoms with Crippen molar-refractivity contribution in [3.8, 4) is 0 Å². The summed E-state index contributed by atoms with van der Waals surface area (Å²) < 4.78 is 0. The molecule has 2 amide bonds. The number of carbonyl (C=O) groups is 2. The van der Waals surface area contributed by atoms with E-state index in [1.165, 1.54) is 0 Å². The van der Waals surface area contributed by atoms with Crippen LogP contribution in [0.25, 0.3) is 0 Å². The van der Waals surface area contributed by atoms with Crippen molar-refractivity contribution in [2.24, 2.45) is 5.92 Å². The van der Waals surface area contributed by atoms with Crippen molar-refractivity contribution in [2.45, 2.75) is 25.9 Å². The van der Waals surface area contributed by atoms with Crippen LogP contribution >= 0.6 is 0 Å². The minimum Gasteiger partial charge on any atom is -0.343 e. The number of rotatable bonds is 7. The van der Waals surface area contributed by atoms with Crippen LogP contribution in [0.2, 0.25) is 0 Å². The fourth-order valence-electron chi connectivity index (χ4n) is 3.23. The van der Waals surface area contributed by atoms with E-state index in [9.17, 15) is 9.59 Å². The minimum absolute atomic E-state index is 0.0603. The SMILES string of the molecule is CC(C)C(NC(=O)c1ccccc1)C(=O)NC(c1ccccc1)c1ccccc1. The van der Waals surface area contributed by atoms with Crippen molar-refractivity contribution in [3.63, 3.8) is 0 Å². The molecule has 2 N–H and O–H groups in total. The summed E-state index contributed by atoms with van der Waals surface area (Å²) >= 11 is 0. The minimum atomic E-state index is -0.641. The van der Waals surface area contributed by atoms with Gasteiger partial charge in [-0.15, -0.1) is 0 Å². The van der Waals surface area contributed by atoms with Gasteiger partial charge in [-0.1, -0.05) is 92.7 Å². The molecule has 0 fully saturated rings. The van der Waals surface area contributed by atoms with Crippen molar-refractivity contribution in [3.05, 3.63) is 108 Å². The number of hydrogen-bond acceptors (Lipinski definition) is 2. The molecule has 0 saturated heterocycles. The first-order valence-corrected chi connectivity index (χ1v) is 9.82. The van der Waals surface area contributed by atoms with E-state index in [-0.39, 0.29) is 23.8 Å². The normalized spacial score (nSPS) is 11.9. The second-order valence-electron chi connectivity index (χ2n) is 7.32. The molecule has 148 valence electrons. The molecule has 0 aromatic heterocycles. The van der Waals surface area contributed by atoms with E-state index in [0.717, 1.165) is 11.1 Å². The van der Waals surface area contributed by atoms with Gasteiger partial charge in [0.15, 0.2) is 0 Å². The molecule has 0 saturated carbocycles. The smallest absolute Gasteiger partial charge is 0.251 e. The average molecular weight is 386 g/mol. The van der Waals surface area contributed by atoms with Gasteiger partial charge in [-0.05, 0) is 29.2 Å². The molecule has 0 heterocycles. The molecule has 3 aromatic rings. The molecule has 0 bridgehead atoms. The molecule has 3 rings (SSSR count). The quantitative estimate of drug-likeness (QED) is 0.634. The lowest BCUT2D eigenvalue weighted by Crippen LogP contribution is -2.50. The second-order valence-corrected chi connectivity index (χ2v) is 7.32. The van der Waals surface area contributed by atoms with E-state index in [4.69, 9.17) is 0 Å². The maximum atomic E-state index is 13.2. The van der Waals surface area contributed by atoms with Crippen LogP contribution in [0.1, 0.15) is 41.4 Å². The lowest BCUT2D eigenvalue weighted by Gasteiger charge is -2.26. The number of benzene rings is 3. The third-order valence-corrected chi connectivity index (χ3v) is 4.82. The standard InChI is InChI=1S/C25H26N2O2/c1-18(2)22(26-24(28)21-16-10-5-11-17-21)25(29)27-23(19-12-6-3-7-13-19)20-14-8-4-9-15-20/h3-18,22-23H,1-2H3,(H,26,28)(H,27,29). The average Bonchev–Trinajstić information content (AvgIpc) is 2.77. The van der Waals surface area contributed by atoms with Crippen LogP contribution in [0.3, 0.4) is 0 Å². The van der Waals surface area contributed by atoms with Gasteiger partial charge >= 0.3 is 0 Å². The molecule has 1 unspecified atom stereocenters. The molecule has 0 spiro atoms. The zero-order valence-electron chi connectivity index (χ0n) is 16.7. The monoisotopic (exact) mass is 386 g/mol. The number of hydrogen-bond donors (Lipinski definition) is 2. The Morgan fingerprint density at radius 1 is 0.655 bits per heavy atom. The van der Waals surface area contributed by atoms with Gasteiger partial charge in [0.2, 0.25) is 5.91 Å². The van der Waals surface area contributed by atoms with Crippen LogP contribution in [-0.2, 0) is 4.79 Å². The first-order valence-electron chi connectivity index (χ1n) is 9.82. The largest absolute Gasteiger partial charge is 0.343 e. The van der Waals surface area contributed by atoms with Gasteiger partial charge < -0.3 is 10.6 Å². The lowest BCUT2D eigenvalue weighted by molar-refractivity contribution is -0.124. The van der Waals surface area contributed by atoms with Gasteiger partial charge in [0.05, 0.1) is 6.04 Å². The van der Waals surface area contributed by atoms with Gasteiger partial charge in [-0.3, -0.25) is 9.59 Å². The Kier molecular flexibility index (Phi) is 6.80. The van der Waals surface area contributed by atoms with Gasteiger partial charge in [-0.2, -0.15) is 0 Å². The first kappa shape index (κ1) is 20.3. The summed E-state index contributed by atoms with van der Waals surface area (Å²) in [4.78, 5) is 25.8. The van der Waals surface area contributed by atoms with Gasteiger partial charge in [0.25, 0.3) is 5.91 Å². The summed E-state index contributed by atoms with van der Waals surface area (Å²) in [6.07, 6.45) is 0. The van der Waals surface area contributed by atoms with E-state index in [0.29, 0.717) is 5.56 Å². The van der Waals surface area contributed by atoms with Crippen LogP contribution in [0.4, 0.5) is 0 Å². The van der Waals surface area contributed by atoms with Crippen LogP contribution in [0, 0.1) is 5.92 Å². The third kappa shape index (κ3) is 5.32. The van der Waals surface area contributed by atoms with Crippen LogP contribution in [-0.4, -0.2) is 17.9 Å². The highest BCUT2D eigenvalue weighted by Gasteiger charge is 2.27. The highest BCUT2D eigenvalue weighted by molar-refractivity contribution is 5.97. The molecule has 1 atom stereocenters. The predicted octanol–water partition coefficient (Wildman–Crippen LogP) is 4.35. The second kappa shape index (κ2) is 9.69. The van der Waals surface area contributed by atoms with E-state index in [2.05, 4.69) is 10.6 Å². The van der Waals surface area contributed by atoms with Gasteiger partial charge in [-0.25, -0.2) is 0 Å². The van der Waals surface area contributed by atoms with Crippen molar-refractivity contribution in [2.75, 3.05) is 0 Å². The molecule has 4 heteroatoms. The van der Waals surface area contributed by atoms with Crippen LogP contribution in [0.15, 0.2) is 91.0 Å². The number of nitrogens with one attached hydrogen (secondary N) is 2. The lowest BCUT2D eigenvalue weighted by atomic mass is 9.96. The first-order chi connectivity index (χ1) is 14.1. The van der Waals surface area contributed by atoms with Crippen LogP contribution in [0.5, 0.6) is 0 Å². The van der Waals surface area contributed by atoms with Gasteiger partial charge in [0, 0.05) is 5.56 Å². The molecule has 3 aromatic carbocycles. The Balaban J connectivity index is 1.82. The van der Waals surface area contributed by atoms with Crippen LogP contribution < -0.4 is 10.6 Å². The van der Waals surface area contributed by atoms with Crippen molar-refractivity contribution in [1.29, 1.82) is 0 Å². The molecular weight excluding hydrogens is 360 g/mol. The fourth-order valence-corrected chi connectivity index (χ4v) is 3.23. The summed E-state index contributed by atoms with van der Waals surface area (Å²) in [6, 6.07) is 27.7. The number of carbonyl (C=O) groups excluding carboxylic acids is 2. The highest BCUT2D eigenvalue weighted by Crippen LogP contribution is 2.22. The Labute approximate surface area is 172 Å². The Morgan fingerprint density at radius 2 is 1.10 bits per heavy atom. The molecule has 0 aliphatic carbocycles. The van der Waals surface area contributed by atoms with E-state index >= 15 is 0 Å². The topological polar surface area (TPSA) is 58.2 Å². The highest BCUT2D eigenvalue weighted by atomic mass is 16.2. The summed E-state index contributed by atoms with van der Waals surface area (Å²) in [7, 11) is 0. The molecular formula is C25H26N2O2. The van der Waals surface area contributed by atoms with Crippen molar-refractivity contribution in [1.82, 2.24) is 10.6 Å². The Morgan fingerprint density at radius 3 is 1.55 bits per heavy atom. The summed E-state index contributed by atoms with van der Waals surface area (Å²) in [6.45, 7) is 3.85. The molecule has 0 aliphatic rings. The maximum absolute atomic E-state index is 13.2. The van der Waals surface area contributed by atoms with E-state index < -0.39 is 6.04 Å². The summed E-state index contributed by atoms with van der Waals surface area (Å²) in [5.74, 6) is -0.521. The molecule has 0 aliphatic heterocycles. The zero-order valence-corrected chi connectivity index (χ0v) is 16.7. The Bertz CT molecular complexity index is 885. The molecule has 29 heavy (non-hydrogen) atoms. The molecule has 0 radical (unpaired) electrons. The number of amides is 2. The third-order valence-electron chi connectivity index (χ3n) is 4.82. The van der Waals surface area contributed by atoms with E-state index in [1.807, 2.05) is 80.6 Å². The van der Waals surface area contributed by atoms with E-state index in [1.54, 1.807) is 24.3 Å². The maximum Gasteiger partial charge on any atom is 0.251 e.